The maximum Gasteiger partial charge on any atom is 0.257 e. The molecule has 0 saturated carbocycles. The predicted octanol–water partition coefficient (Wildman–Crippen LogP) is 1.88. The molecule has 0 radical (unpaired) electrons. The number of hydrogen-bond donors (Lipinski definition) is 1. The molecule has 1 unspecified atom stereocenters. The summed E-state index contributed by atoms with van der Waals surface area (Å²) in [6.45, 7) is 4.78. The molecular formula is C13H20N2O2. The molecule has 1 N–H and O–H groups in total. The molecule has 1 aliphatic heterocycles. The zero-order valence-corrected chi connectivity index (χ0v) is 10.3. The molecule has 1 amide bonds. The van der Waals surface area contributed by atoms with E-state index in [0.29, 0.717) is 11.6 Å². The number of nitrogens with zero attached hydrogens (tertiary/aromatic N) is 1. The van der Waals surface area contributed by atoms with Gasteiger partial charge in [-0.05, 0) is 31.9 Å². The number of furan rings is 1. The second kappa shape index (κ2) is 5.87. The highest BCUT2D eigenvalue weighted by molar-refractivity contribution is 5.93. The van der Waals surface area contributed by atoms with Crippen LogP contribution in [0.25, 0.3) is 0 Å². The van der Waals surface area contributed by atoms with Crippen molar-refractivity contribution >= 4 is 5.91 Å². The molecule has 4 heteroatoms. The van der Waals surface area contributed by atoms with Gasteiger partial charge in [-0.1, -0.05) is 6.92 Å². The standard InChI is InChI=1S/C13H20N2O2/c1-2-7-15(9-12-4-3-6-14-12)13(16)11-5-8-17-10-11/h5,8,10,12,14H,2-4,6-7,9H2,1H3. The van der Waals surface area contributed by atoms with E-state index >= 15 is 0 Å². The van der Waals surface area contributed by atoms with Crippen molar-refractivity contribution in [3.05, 3.63) is 24.2 Å². The fourth-order valence-corrected chi connectivity index (χ4v) is 2.29. The third-order valence-corrected chi connectivity index (χ3v) is 3.15. The monoisotopic (exact) mass is 236 g/mol. The molecule has 0 spiro atoms. The van der Waals surface area contributed by atoms with Gasteiger partial charge in [-0.3, -0.25) is 4.79 Å². The second-order valence-electron chi connectivity index (χ2n) is 4.56. The predicted molar refractivity (Wildman–Crippen MR) is 65.9 cm³/mol. The van der Waals surface area contributed by atoms with Gasteiger partial charge in [0, 0.05) is 19.1 Å². The van der Waals surface area contributed by atoms with Crippen molar-refractivity contribution in [3.8, 4) is 0 Å². The van der Waals surface area contributed by atoms with Crippen molar-refractivity contribution < 1.29 is 9.21 Å². The van der Waals surface area contributed by atoms with Crippen LogP contribution >= 0.6 is 0 Å². The van der Waals surface area contributed by atoms with Crippen LogP contribution in [0, 0.1) is 0 Å². The van der Waals surface area contributed by atoms with E-state index in [1.165, 1.54) is 19.1 Å². The van der Waals surface area contributed by atoms with E-state index in [1.807, 2.05) is 4.90 Å². The Morgan fingerprint density at radius 1 is 1.65 bits per heavy atom. The first kappa shape index (κ1) is 12.2. The Morgan fingerprint density at radius 2 is 2.53 bits per heavy atom. The third kappa shape index (κ3) is 3.09. The fraction of sp³-hybridized carbons (Fsp3) is 0.615. The number of carbonyl (C=O) groups excluding carboxylic acids is 1. The minimum atomic E-state index is 0.0781. The van der Waals surface area contributed by atoms with Crippen molar-refractivity contribution in [1.82, 2.24) is 10.2 Å². The molecule has 1 aliphatic rings. The quantitative estimate of drug-likeness (QED) is 0.849. The van der Waals surface area contributed by atoms with E-state index in [4.69, 9.17) is 4.42 Å². The zero-order chi connectivity index (χ0) is 12.1. The van der Waals surface area contributed by atoms with E-state index in [9.17, 15) is 4.79 Å². The molecule has 94 valence electrons. The van der Waals surface area contributed by atoms with Gasteiger partial charge in [0.2, 0.25) is 0 Å². The molecule has 0 aliphatic carbocycles. The van der Waals surface area contributed by atoms with Gasteiger partial charge >= 0.3 is 0 Å². The summed E-state index contributed by atoms with van der Waals surface area (Å²) in [6.07, 6.45) is 6.43. The van der Waals surface area contributed by atoms with Gasteiger partial charge in [-0.15, -0.1) is 0 Å². The molecule has 1 fully saturated rings. The van der Waals surface area contributed by atoms with Gasteiger partial charge in [-0.2, -0.15) is 0 Å². The Balaban J connectivity index is 1.98. The van der Waals surface area contributed by atoms with E-state index in [-0.39, 0.29) is 5.91 Å². The van der Waals surface area contributed by atoms with Gasteiger partial charge in [0.05, 0.1) is 11.8 Å². The van der Waals surface area contributed by atoms with Gasteiger partial charge in [0.25, 0.3) is 5.91 Å². The highest BCUT2D eigenvalue weighted by Gasteiger charge is 2.22. The van der Waals surface area contributed by atoms with E-state index in [1.54, 1.807) is 12.3 Å². The van der Waals surface area contributed by atoms with Crippen LogP contribution < -0.4 is 5.32 Å². The Bertz CT molecular complexity index is 342. The number of hydrogen-bond acceptors (Lipinski definition) is 3. The first-order valence-electron chi connectivity index (χ1n) is 6.36. The van der Waals surface area contributed by atoms with Crippen LogP contribution in [0.1, 0.15) is 36.5 Å². The minimum absolute atomic E-state index is 0.0781. The first-order chi connectivity index (χ1) is 8.31. The lowest BCUT2D eigenvalue weighted by Crippen LogP contribution is -2.41. The highest BCUT2D eigenvalue weighted by Crippen LogP contribution is 2.11. The molecule has 1 aromatic heterocycles. The van der Waals surface area contributed by atoms with Gasteiger partial charge < -0.3 is 14.6 Å². The number of nitrogens with one attached hydrogen (secondary N) is 1. The molecule has 2 rings (SSSR count). The molecule has 17 heavy (non-hydrogen) atoms. The molecule has 4 nitrogen and oxygen atoms in total. The Kier molecular flexibility index (Phi) is 4.20. The normalized spacial score (nSPS) is 19.5. The zero-order valence-electron chi connectivity index (χ0n) is 10.3. The maximum atomic E-state index is 12.2. The van der Waals surface area contributed by atoms with E-state index in [0.717, 1.165) is 26.1 Å². The van der Waals surface area contributed by atoms with Crippen LogP contribution in [-0.2, 0) is 0 Å². The molecule has 1 aromatic rings. The molecule has 0 aromatic carbocycles. The van der Waals surface area contributed by atoms with E-state index in [2.05, 4.69) is 12.2 Å². The first-order valence-corrected chi connectivity index (χ1v) is 6.36. The third-order valence-electron chi connectivity index (χ3n) is 3.15. The van der Waals surface area contributed by atoms with Crippen molar-refractivity contribution in [1.29, 1.82) is 0 Å². The summed E-state index contributed by atoms with van der Waals surface area (Å²) in [4.78, 5) is 14.1. The summed E-state index contributed by atoms with van der Waals surface area (Å²) in [6, 6.07) is 2.19. The lowest BCUT2D eigenvalue weighted by Gasteiger charge is -2.25. The van der Waals surface area contributed by atoms with Crippen molar-refractivity contribution in [2.75, 3.05) is 19.6 Å². The molecule has 0 bridgehead atoms. The summed E-state index contributed by atoms with van der Waals surface area (Å²) < 4.78 is 4.97. The van der Waals surface area contributed by atoms with Crippen LogP contribution in [0.4, 0.5) is 0 Å². The largest absolute Gasteiger partial charge is 0.472 e. The second-order valence-corrected chi connectivity index (χ2v) is 4.56. The SMILES string of the molecule is CCCN(CC1CCCN1)C(=O)c1ccoc1. The summed E-state index contributed by atoms with van der Waals surface area (Å²) >= 11 is 0. The van der Waals surface area contributed by atoms with Crippen molar-refractivity contribution in [2.45, 2.75) is 32.2 Å². The van der Waals surface area contributed by atoms with Crippen molar-refractivity contribution in [3.63, 3.8) is 0 Å². The lowest BCUT2D eigenvalue weighted by atomic mass is 10.2. The Labute approximate surface area is 102 Å². The van der Waals surface area contributed by atoms with Crippen LogP contribution in [0.15, 0.2) is 23.0 Å². The number of rotatable bonds is 5. The van der Waals surface area contributed by atoms with Gasteiger partial charge in [0.15, 0.2) is 0 Å². The fourth-order valence-electron chi connectivity index (χ4n) is 2.29. The lowest BCUT2D eigenvalue weighted by molar-refractivity contribution is 0.0741. The van der Waals surface area contributed by atoms with Crippen molar-refractivity contribution in [2.24, 2.45) is 0 Å². The Morgan fingerprint density at radius 3 is 3.12 bits per heavy atom. The maximum absolute atomic E-state index is 12.2. The molecular weight excluding hydrogens is 216 g/mol. The average Bonchev–Trinajstić information content (AvgIpc) is 3.00. The van der Waals surface area contributed by atoms with Gasteiger partial charge in [0.1, 0.15) is 6.26 Å². The topological polar surface area (TPSA) is 45.5 Å². The average molecular weight is 236 g/mol. The smallest absolute Gasteiger partial charge is 0.257 e. The highest BCUT2D eigenvalue weighted by atomic mass is 16.3. The summed E-state index contributed by atoms with van der Waals surface area (Å²) in [5.74, 6) is 0.0781. The minimum Gasteiger partial charge on any atom is -0.472 e. The number of amides is 1. The van der Waals surface area contributed by atoms with Crippen LogP contribution in [0.5, 0.6) is 0 Å². The Hall–Kier alpha value is -1.29. The summed E-state index contributed by atoms with van der Waals surface area (Å²) in [5.41, 5.74) is 0.649. The van der Waals surface area contributed by atoms with E-state index < -0.39 is 0 Å². The van der Waals surface area contributed by atoms with Gasteiger partial charge in [-0.25, -0.2) is 0 Å². The summed E-state index contributed by atoms with van der Waals surface area (Å²) in [5, 5.41) is 3.43. The molecule has 1 atom stereocenters. The van der Waals surface area contributed by atoms with Crippen LogP contribution in [-0.4, -0.2) is 36.5 Å². The molecule has 1 saturated heterocycles. The summed E-state index contributed by atoms with van der Waals surface area (Å²) in [7, 11) is 0. The van der Waals surface area contributed by atoms with Crippen LogP contribution in [0.2, 0.25) is 0 Å². The van der Waals surface area contributed by atoms with Crippen LogP contribution in [0.3, 0.4) is 0 Å². The molecule has 2 heterocycles. The number of carbonyl (C=O) groups is 1.